The summed E-state index contributed by atoms with van der Waals surface area (Å²) in [6.07, 6.45) is 3.49. The molecule has 24 heavy (non-hydrogen) atoms. The van der Waals surface area contributed by atoms with Crippen molar-refractivity contribution in [1.82, 2.24) is 9.88 Å². The second-order valence-corrected chi connectivity index (χ2v) is 5.37. The van der Waals surface area contributed by atoms with Gasteiger partial charge >= 0.3 is 0 Å². The van der Waals surface area contributed by atoms with Crippen molar-refractivity contribution in [2.24, 2.45) is 0 Å². The number of carbonyl (C=O) groups excluding carboxylic acids is 1. The third kappa shape index (κ3) is 3.33. The maximum absolute atomic E-state index is 12.5. The van der Waals surface area contributed by atoms with E-state index >= 15 is 0 Å². The van der Waals surface area contributed by atoms with Crippen LogP contribution in [0.5, 0.6) is 11.5 Å². The fourth-order valence-corrected chi connectivity index (χ4v) is 2.57. The Labute approximate surface area is 141 Å². The molecule has 1 amide bonds. The lowest BCUT2D eigenvalue weighted by atomic mass is 10.1. The van der Waals surface area contributed by atoms with Crippen molar-refractivity contribution in [3.8, 4) is 23.3 Å². The van der Waals surface area contributed by atoms with E-state index in [2.05, 4.69) is 16.8 Å². The molecule has 5 heteroatoms. The second-order valence-electron chi connectivity index (χ2n) is 5.37. The van der Waals surface area contributed by atoms with E-state index in [9.17, 15) is 4.79 Å². The summed E-state index contributed by atoms with van der Waals surface area (Å²) in [6, 6.07) is 9.13. The van der Waals surface area contributed by atoms with E-state index in [0.29, 0.717) is 18.0 Å². The average Bonchev–Trinajstić information content (AvgIpc) is 3.09. The number of ether oxygens (including phenoxy) is 2. The van der Waals surface area contributed by atoms with Gasteiger partial charge in [-0.3, -0.25) is 9.78 Å². The predicted octanol–water partition coefficient (Wildman–Crippen LogP) is 2.77. The number of hydrogen-bond acceptors (Lipinski definition) is 4. The molecule has 122 valence electrons. The summed E-state index contributed by atoms with van der Waals surface area (Å²) >= 11 is 0. The lowest BCUT2D eigenvalue weighted by molar-refractivity contribution is -0.126. The zero-order chi connectivity index (χ0) is 16.9. The minimum atomic E-state index is -0.216. The molecule has 2 heterocycles. The van der Waals surface area contributed by atoms with Crippen molar-refractivity contribution in [2.75, 3.05) is 13.3 Å². The summed E-state index contributed by atoms with van der Waals surface area (Å²) in [5.74, 6) is 6.76. The van der Waals surface area contributed by atoms with Crippen LogP contribution in [-0.4, -0.2) is 29.1 Å². The maximum Gasteiger partial charge on any atom is 0.299 e. The first-order valence-corrected chi connectivity index (χ1v) is 7.81. The highest BCUT2D eigenvalue weighted by atomic mass is 16.7. The maximum atomic E-state index is 12.5. The number of nitrogens with zero attached hydrogens (tertiary/aromatic N) is 2. The van der Waals surface area contributed by atoms with Crippen LogP contribution in [0.2, 0.25) is 0 Å². The van der Waals surface area contributed by atoms with Gasteiger partial charge in [0, 0.05) is 30.4 Å². The van der Waals surface area contributed by atoms with Gasteiger partial charge in [0.25, 0.3) is 5.91 Å². The van der Waals surface area contributed by atoms with E-state index in [0.717, 1.165) is 11.1 Å². The Morgan fingerprint density at radius 2 is 2.17 bits per heavy atom. The van der Waals surface area contributed by atoms with Gasteiger partial charge in [0.15, 0.2) is 11.5 Å². The molecule has 0 N–H and O–H groups in total. The summed E-state index contributed by atoms with van der Waals surface area (Å²) in [5, 5.41) is 0. The molecule has 1 aliphatic heterocycles. The molecule has 5 nitrogen and oxygen atoms in total. The molecule has 0 saturated carbocycles. The third-order valence-corrected chi connectivity index (χ3v) is 3.92. The Kier molecular flexibility index (Phi) is 4.66. The Morgan fingerprint density at radius 1 is 1.33 bits per heavy atom. The molecule has 1 atom stereocenters. The molecule has 0 radical (unpaired) electrons. The third-order valence-electron chi connectivity index (χ3n) is 3.92. The van der Waals surface area contributed by atoms with Crippen LogP contribution < -0.4 is 9.47 Å². The number of fused-ring (bicyclic) bond motifs is 1. The first-order valence-electron chi connectivity index (χ1n) is 7.81. The average molecular weight is 322 g/mol. The molecule has 1 aromatic heterocycles. The minimum Gasteiger partial charge on any atom is -0.454 e. The number of carbonyl (C=O) groups is 1. The molecule has 0 aliphatic carbocycles. The zero-order valence-corrected chi connectivity index (χ0v) is 13.7. The minimum absolute atomic E-state index is 0.0812. The van der Waals surface area contributed by atoms with Crippen molar-refractivity contribution in [2.45, 2.75) is 19.9 Å². The van der Waals surface area contributed by atoms with Gasteiger partial charge < -0.3 is 14.4 Å². The molecular formula is C19H18N2O3. The van der Waals surface area contributed by atoms with E-state index < -0.39 is 0 Å². The number of rotatable bonds is 3. The lowest BCUT2D eigenvalue weighted by Gasteiger charge is -2.26. The highest BCUT2D eigenvalue weighted by Crippen LogP contribution is 2.32. The van der Waals surface area contributed by atoms with Crippen LogP contribution in [0.1, 0.15) is 31.0 Å². The van der Waals surface area contributed by atoms with Gasteiger partial charge in [-0.1, -0.05) is 12.0 Å². The fourth-order valence-electron chi connectivity index (χ4n) is 2.57. The largest absolute Gasteiger partial charge is 0.454 e. The van der Waals surface area contributed by atoms with E-state index in [4.69, 9.17) is 9.47 Å². The van der Waals surface area contributed by atoms with Crippen molar-refractivity contribution in [1.29, 1.82) is 0 Å². The molecule has 0 spiro atoms. The van der Waals surface area contributed by atoms with Crippen LogP contribution in [0.3, 0.4) is 0 Å². The highest BCUT2D eigenvalue weighted by molar-refractivity contribution is 5.94. The summed E-state index contributed by atoms with van der Waals surface area (Å²) in [5.41, 5.74) is 1.70. The molecule has 0 fully saturated rings. The van der Waals surface area contributed by atoms with Gasteiger partial charge in [0.05, 0.1) is 6.04 Å². The highest BCUT2D eigenvalue weighted by Gasteiger charge is 2.18. The van der Waals surface area contributed by atoms with Crippen LogP contribution in [0.15, 0.2) is 42.7 Å². The van der Waals surface area contributed by atoms with Crippen LogP contribution in [0.25, 0.3) is 0 Å². The molecule has 0 unspecified atom stereocenters. The fraction of sp³-hybridized carbons (Fsp3) is 0.263. The van der Waals surface area contributed by atoms with Crippen molar-refractivity contribution in [3.05, 3.63) is 53.9 Å². The number of hydrogen-bond donors (Lipinski definition) is 0. The zero-order valence-electron chi connectivity index (χ0n) is 13.7. The monoisotopic (exact) mass is 322 g/mol. The quantitative estimate of drug-likeness (QED) is 0.816. The van der Waals surface area contributed by atoms with Gasteiger partial charge in [0.1, 0.15) is 0 Å². The first kappa shape index (κ1) is 15.9. The molecule has 3 rings (SSSR count). The van der Waals surface area contributed by atoms with Crippen LogP contribution in [0.4, 0.5) is 0 Å². The van der Waals surface area contributed by atoms with E-state index in [1.165, 1.54) is 0 Å². The Bertz CT molecular complexity index is 793. The van der Waals surface area contributed by atoms with E-state index in [1.54, 1.807) is 29.4 Å². The molecule has 1 aliphatic rings. The topological polar surface area (TPSA) is 51.7 Å². The van der Waals surface area contributed by atoms with E-state index in [-0.39, 0.29) is 18.7 Å². The Hall–Kier alpha value is -3.00. The summed E-state index contributed by atoms with van der Waals surface area (Å²) in [6.45, 7) is 4.70. The van der Waals surface area contributed by atoms with Gasteiger partial charge in [-0.2, -0.15) is 0 Å². The first-order chi connectivity index (χ1) is 11.7. The van der Waals surface area contributed by atoms with Gasteiger partial charge in [-0.05, 0) is 43.7 Å². The predicted molar refractivity (Wildman–Crippen MR) is 89.5 cm³/mol. The van der Waals surface area contributed by atoms with Crippen LogP contribution >= 0.6 is 0 Å². The van der Waals surface area contributed by atoms with Crippen molar-refractivity contribution >= 4 is 5.91 Å². The van der Waals surface area contributed by atoms with Crippen LogP contribution in [0, 0.1) is 11.8 Å². The normalized spacial score (nSPS) is 12.9. The smallest absolute Gasteiger partial charge is 0.299 e. The molecule has 0 bridgehead atoms. The Morgan fingerprint density at radius 3 is 2.92 bits per heavy atom. The Balaban J connectivity index is 1.76. The molecule has 1 aromatic carbocycles. The molecular weight excluding hydrogens is 304 g/mol. The number of aromatic nitrogens is 1. The van der Waals surface area contributed by atoms with Crippen molar-refractivity contribution < 1.29 is 14.3 Å². The van der Waals surface area contributed by atoms with Gasteiger partial charge in [-0.15, -0.1) is 0 Å². The van der Waals surface area contributed by atoms with Crippen molar-refractivity contribution in [3.63, 3.8) is 0 Å². The number of pyridine rings is 1. The standard InChI is InChI=1S/C19H18N2O3/c1-3-21(14(2)16-5-4-10-20-12-16)19(22)9-7-15-6-8-17-18(11-15)24-13-23-17/h4-6,8,10-12,14H,3,13H2,1-2H3/t14-/m1/s1. The molecule has 0 saturated heterocycles. The number of benzene rings is 1. The lowest BCUT2D eigenvalue weighted by Crippen LogP contribution is -2.32. The second kappa shape index (κ2) is 7.05. The van der Waals surface area contributed by atoms with Gasteiger partial charge in [-0.25, -0.2) is 0 Å². The van der Waals surface area contributed by atoms with E-state index in [1.807, 2.05) is 32.0 Å². The SMILES string of the molecule is CCN(C(=O)C#Cc1ccc2c(c1)OCO2)[C@H](C)c1cccnc1. The summed E-state index contributed by atoms with van der Waals surface area (Å²) < 4.78 is 10.6. The molecule has 2 aromatic rings. The number of amides is 1. The van der Waals surface area contributed by atoms with Gasteiger partial charge in [0.2, 0.25) is 6.79 Å². The van der Waals surface area contributed by atoms with Crippen LogP contribution in [-0.2, 0) is 4.79 Å². The summed E-state index contributed by atoms with van der Waals surface area (Å²) in [7, 11) is 0. The summed E-state index contributed by atoms with van der Waals surface area (Å²) in [4.78, 5) is 18.3.